The molecule has 0 fully saturated rings. The van der Waals surface area contributed by atoms with Crippen LogP contribution in [0.3, 0.4) is 0 Å². The molecule has 4 rings (SSSR count). The van der Waals surface area contributed by atoms with E-state index in [1.165, 1.54) is 11.3 Å². The van der Waals surface area contributed by atoms with Gasteiger partial charge in [-0.2, -0.15) is 13.2 Å². The maximum atomic E-state index is 13.4. The van der Waals surface area contributed by atoms with E-state index in [-0.39, 0.29) is 11.2 Å². The standard InChI is InChI=1S/C19H16F3N5S/c1-26(10-9-13-6-3-2-4-7-13)27-17(14-8-5-11-28-14)25-15-16(19(20,21)22)23-12-24-18(15)27/h2-8,11-12H,9-10H2,1H3. The lowest BCUT2D eigenvalue weighted by Crippen LogP contribution is -2.33. The van der Waals surface area contributed by atoms with E-state index in [1.54, 1.807) is 4.68 Å². The molecule has 0 N–H and O–H groups in total. The fourth-order valence-electron chi connectivity index (χ4n) is 3.01. The normalized spacial score (nSPS) is 11.9. The van der Waals surface area contributed by atoms with Gasteiger partial charge >= 0.3 is 6.18 Å². The molecular weight excluding hydrogens is 387 g/mol. The molecule has 144 valence electrons. The molecule has 0 aliphatic carbocycles. The average Bonchev–Trinajstić information content (AvgIpc) is 3.33. The van der Waals surface area contributed by atoms with Gasteiger partial charge in [0.2, 0.25) is 0 Å². The van der Waals surface area contributed by atoms with Crippen LogP contribution in [0.5, 0.6) is 0 Å². The smallest absolute Gasteiger partial charge is 0.312 e. The molecule has 0 aliphatic rings. The second-order valence-electron chi connectivity index (χ2n) is 6.23. The van der Waals surface area contributed by atoms with Gasteiger partial charge in [0.1, 0.15) is 11.8 Å². The molecule has 0 saturated heterocycles. The molecule has 0 spiro atoms. The lowest BCUT2D eigenvalue weighted by atomic mass is 10.1. The van der Waals surface area contributed by atoms with Gasteiger partial charge in [0, 0.05) is 13.6 Å². The summed E-state index contributed by atoms with van der Waals surface area (Å²) in [6.07, 6.45) is -2.93. The van der Waals surface area contributed by atoms with Crippen LogP contribution in [0.1, 0.15) is 11.3 Å². The topological polar surface area (TPSA) is 46.8 Å². The number of thiophene rings is 1. The number of halogens is 3. The summed E-state index contributed by atoms with van der Waals surface area (Å²) in [5.41, 5.74) is 0.0128. The first-order valence-corrected chi connectivity index (χ1v) is 9.43. The van der Waals surface area contributed by atoms with Crippen LogP contribution in [0.2, 0.25) is 0 Å². The second-order valence-corrected chi connectivity index (χ2v) is 7.18. The molecule has 9 heteroatoms. The van der Waals surface area contributed by atoms with Gasteiger partial charge in [-0.1, -0.05) is 36.4 Å². The predicted octanol–water partition coefficient (Wildman–Crippen LogP) is 4.38. The molecule has 0 bridgehead atoms. The molecular formula is C19H16F3N5S. The van der Waals surface area contributed by atoms with Crippen molar-refractivity contribution in [1.82, 2.24) is 19.6 Å². The van der Waals surface area contributed by atoms with Crippen molar-refractivity contribution in [1.29, 1.82) is 0 Å². The second kappa shape index (κ2) is 7.23. The van der Waals surface area contributed by atoms with Gasteiger partial charge in [0.15, 0.2) is 17.2 Å². The van der Waals surface area contributed by atoms with Crippen molar-refractivity contribution in [2.75, 3.05) is 18.6 Å². The largest absolute Gasteiger partial charge is 0.435 e. The Morgan fingerprint density at radius 3 is 2.54 bits per heavy atom. The molecule has 3 heterocycles. The Labute approximate surface area is 163 Å². The molecule has 0 amide bonds. The van der Waals surface area contributed by atoms with E-state index in [0.717, 1.165) is 23.2 Å². The average molecular weight is 403 g/mol. The summed E-state index contributed by atoms with van der Waals surface area (Å²) in [7, 11) is 1.82. The van der Waals surface area contributed by atoms with Gasteiger partial charge in [-0.25, -0.2) is 19.6 Å². The Morgan fingerprint density at radius 2 is 1.86 bits per heavy atom. The summed E-state index contributed by atoms with van der Waals surface area (Å²) in [5.74, 6) is 0.423. The highest BCUT2D eigenvalue weighted by Gasteiger charge is 2.37. The van der Waals surface area contributed by atoms with Crippen molar-refractivity contribution in [2.45, 2.75) is 12.6 Å². The van der Waals surface area contributed by atoms with Crippen molar-refractivity contribution in [3.8, 4) is 10.7 Å². The van der Waals surface area contributed by atoms with Crippen LogP contribution in [-0.2, 0) is 12.6 Å². The minimum Gasteiger partial charge on any atom is -0.312 e. The number of hydrogen-bond donors (Lipinski definition) is 0. The van der Waals surface area contributed by atoms with Crippen molar-refractivity contribution in [3.63, 3.8) is 0 Å². The first-order chi connectivity index (χ1) is 13.4. The quantitative estimate of drug-likeness (QED) is 0.496. The molecule has 1 aromatic carbocycles. The van der Waals surface area contributed by atoms with E-state index >= 15 is 0 Å². The number of rotatable bonds is 5. The number of fused-ring (bicyclic) bond motifs is 1. The monoisotopic (exact) mass is 403 g/mol. The molecule has 28 heavy (non-hydrogen) atoms. The van der Waals surface area contributed by atoms with Crippen molar-refractivity contribution in [3.05, 3.63) is 65.4 Å². The van der Waals surface area contributed by atoms with E-state index in [9.17, 15) is 13.2 Å². The lowest BCUT2D eigenvalue weighted by molar-refractivity contribution is -0.140. The fourth-order valence-corrected chi connectivity index (χ4v) is 3.71. The van der Waals surface area contributed by atoms with Crippen LogP contribution in [-0.4, -0.2) is 33.2 Å². The Hall–Kier alpha value is -2.94. The molecule has 0 unspecified atom stereocenters. The Kier molecular flexibility index (Phi) is 4.76. The number of imidazole rings is 1. The number of aromatic nitrogens is 4. The minimum absolute atomic E-state index is 0.140. The summed E-state index contributed by atoms with van der Waals surface area (Å²) in [5, 5.41) is 3.70. The van der Waals surface area contributed by atoms with E-state index in [0.29, 0.717) is 12.4 Å². The first-order valence-electron chi connectivity index (χ1n) is 8.55. The maximum Gasteiger partial charge on any atom is 0.435 e. The van der Waals surface area contributed by atoms with Crippen LogP contribution in [0.15, 0.2) is 54.2 Å². The van der Waals surface area contributed by atoms with Crippen LogP contribution >= 0.6 is 11.3 Å². The van der Waals surface area contributed by atoms with Crippen LogP contribution in [0.4, 0.5) is 13.2 Å². The third-order valence-electron chi connectivity index (χ3n) is 4.34. The Morgan fingerprint density at radius 1 is 1.07 bits per heavy atom. The summed E-state index contributed by atoms with van der Waals surface area (Å²) in [4.78, 5) is 12.6. The van der Waals surface area contributed by atoms with E-state index in [4.69, 9.17) is 0 Å². The van der Waals surface area contributed by atoms with Gasteiger partial charge in [-0.3, -0.25) is 0 Å². The van der Waals surface area contributed by atoms with Gasteiger partial charge in [0.25, 0.3) is 0 Å². The molecule has 5 nitrogen and oxygen atoms in total. The summed E-state index contributed by atoms with van der Waals surface area (Å²) in [6.45, 7) is 0.583. The van der Waals surface area contributed by atoms with Crippen LogP contribution in [0, 0.1) is 0 Å². The minimum atomic E-state index is -4.60. The van der Waals surface area contributed by atoms with Crippen LogP contribution in [0.25, 0.3) is 21.9 Å². The number of alkyl halides is 3. The maximum absolute atomic E-state index is 13.4. The molecule has 0 atom stereocenters. The zero-order chi connectivity index (χ0) is 19.7. The zero-order valence-corrected chi connectivity index (χ0v) is 15.7. The highest BCUT2D eigenvalue weighted by atomic mass is 32.1. The molecule has 4 aromatic rings. The van der Waals surface area contributed by atoms with Gasteiger partial charge in [0.05, 0.1) is 4.88 Å². The van der Waals surface area contributed by atoms with Gasteiger partial charge in [-0.05, 0) is 23.4 Å². The number of benzene rings is 1. The summed E-state index contributed by atoms with van der Waals surface area (Å²) in [6, 6.07) is 13.6. The number of nitrogens with zero attached hydrogens (tertiary/aromatic N) is 5. The number of likely N-dealkylation sites (N-methyl/N-ethyl adjacent to an activating group) is 1. The van der Waals surface area contributed by atoms with Crippen LogP contribution < -0.4 is 5.01 Å². The van der Waals surface area contributed by atoms with Crippen molar-refractivity contribution in [2.24, 2.45) is 0 Å². The third kappa shape index (κ3) is 3.45. The number of hydrogen-bond acceptors (Lipinski definition) is 5. The zero-order valence-electron chi connectivity index (χ0n) is 14.9. The van der Waals surface area contributed by atoms with Crippen molar-refractivity contribution >= 4 is 22.5 Å². The summed E-state index contributed by atoms with van der Waals surface area (Å²) < 4.78 is 41.9. The van der Waals surface area contributed by atoms with Gasteiger partial charge < -0.3 is 5.01 Å². The molecule has 0 saturated carbocycles. The Balaban J connectivity index is 1.80. The first kappa shape index (κ1) is 18.4. The van der Waals surface area contributed by atoms with Crippen molar-refractivity contribution < 1.29 is 13.2 Å². The van der Waals surface area contributed by atoms with Gasteiger partial charge in [-0.15, -0.1) is 11.3 Å². The van der Waals surface area contributed by atoms with E-state index < -0.39 is 11.9 Å². The third-order valence-corrected chi connectivity index (χ3v) is 5.21. The predicted molar refractivity (Wildman–Crippen MR) is 103 cm³/mol. The SMILES string of the molecule is CN(CCc1ccccc1)n1c(-c2cccs2)nc2c(C(F)(F)F)ncnc21. The molecule has 3 aromatic heterocycles. The highest BCUT2D eigenvalue weighted by Crippen LogP contribution is 2.34. The highest BCUT2D eigenvalue weighted by molar-refractivity contribution is 7.13. The fraction of sp³-hybridized carbons (Fsp3) is 0.211. The van der Waals surface area contributed by atoms with E-state index in [1.807, 2.05) is 59.9 Å². The Bertz CT molecular complexity index is 1070. The molecule has 0 radical (unpaired) electrons. The summed E-state index contributed by atoms with van der Waals surface area (Å²) >= 11 is 1.41. The lowest BCUT2D eigenvalue weighted by Gasteiger charge is -2.22. The van der Waals surface area contributed by atoms with E-state index in [2.05, 4.69) is 15.0 Å². The molecule has 0 aliphatic heterocycles.